The van der Waals surface area contributed by atoms with Crippen molar-refractivity contribution in [2.75, 3.05) is 0 Å². The Hall–Kier alpha value is -2.17. The van der Waals surface area contributed by atoms with Crippen molar-refractivity contribution in [1.82, 2.24) is 10.2 Å². The zero-order chi connectivity index (χ0) is 21.4. The van der Waals surface area contributed by atoms with Crippen molar-refractivity contribution in [2.45, 2.75) is 70.5 Å². The van der Waals surface area contributed by atoms with Gasteiger partial charge in [-0.2, -0.15) is 5.10 Å². The Morgan fingerprint density at radius 2 is 2.03 bits per heavy atom. The third-order valence-electron chi connectivity index (χ3n) is 8.88. The Morgan fingerprint density at radius 3 is 2.90 bits per heavy atom. The first kappa shape index (κ1) is 19.5. The van der Waals surface area contributed by atoms with Crippen molar-refractivity contribution in [1.29, 1.82) is 0 Å². The van der Waals surface area contributed by atoms with Crippen LogP contribution < -0.4 is 0 Å². The van der Waals surface area contributed by atoms with Crippen molar-refractivity contribution >= 4 is 16.5 Å². The van der Waals surface area contributed by atoms with Crippen LogP contribution in [0.2, 0.25) is 0 Å². The maximum atomic E-state index is 12.1. The summed E-state index contributed by atoms with van der Waals surface area (Å²) >= 11 is 0. The van der Waals surface area contributed by atoms with Crippen LogP contribution in [0.1, 0.15) is 63.1 Å². The molecule has 4 unspecified atom stereocenters. The number of allylic oxidation sites excluding steroid dienone is 3. The molecule has 0 radical (unpaired) electrons. The Morgan fingerprint density at radius 1 is 1.16 bits per heavy atom. The third kappa shape index (κ3) is 2.77. The summed E-state index contributed by atoms with van der Waals surface area (Å²) in [7, 11) is 0. The van der Waals surface area contributed by atoms with E-state index in [1.54, 1.807) is 0 Å². The van der Waals surface area contributed by atoms with Gasteiger partial charge in [0.15, 0.2) is 0 Å². The van der Waals surface area contributed by atoms with E-state index in [0.29, 0.717) is 5.92 Å². The molecule has 0 saturated heterocycles. The fourth-order valence-corrected chi connectivity index (χ4v) is 7.07. The summed E-state index contributed by atoms with van der Waals surface area (Å²) in [6.45, 7) is 4.42. The lowest BCUT2D eigenvalue weighted by Crippen LogP contribution is -2.48. The number of H-pyrrole nitrogens is 1. The molecule has 4 nitrogen and oxygen atoms in total. The number of hydrogen-bond donors (Lipinski definition) is 3. The first-order valence-electron chi connectivity index (χ1n) is 11.9. The molecular formula is C27H32N2O2. The molecule has 162 valence electrons. The maximum absolute atomic E-state index is 12.1. The van der Waals surface area contributed by atoms with E-state index < -0.39 is 5.60 Å². The Labute approximate surface area is 183 Å². The molecule has 1 aromatic carbocycles. The summed E-state index contributed by atoms with van der Waals surface area (Å²) in [6.07, 6.45) is 13.1. The van der Waals surface area contributed by atoms with Gasteiger partial charge < -0.3 is 10.2 Å². The number of benzene rings is 1. The highest BCUT2D eigenvalue weighted by Crippen LogP contribution is 2.61. The van der Waals surface area contributed by atoms with Crippen LogP contribution in [0.25, 0.3) is 16.5 Å². The average Bonchev–Trinajstić information content (AvgIpc) is 3.25. The van der Waals surface area contributed by atoms with Crippen LogP contribution >= 0.6 is 0 Å². The third-order valence-corrected chi connectivity index (χ3v) is 8.88. The van der Waals surface area contributed by atoms with Gasteiger partial charge in [0.1, 0.15) is 0 Å². The Balaban J connectivity index is 1.39. The molecule has 0 spiro atoms. The van der Waals surface area contributed by atoms with Gasteiger partial charge in [0, 0.05) is 22.4 Å². The Bertz CT molecular complexity index is 1160. The second-order valence-electron chi connectivity index (χ2n) is 10.6. The number of nitrogens with one attached hydrogen (secondary N) is 1. The average molecular weight is 417 g/mol. The van der Waals surface area contributed by atoms with Gasteiger partial charge in [-0.1, -0.05) is 36.8 Å². The summed E-state index contributed by atoms with van der Waals surface area (Å²) in [6, 6.07) is 6.56. The summed E-state index contributed by atoms with van der Waals surface area (Å²) in [5.74, 6) is 0.712. The molecule has 4 aliphatic carbocycles. The van der Waals surface area contributed by atoms with E-state index in [9.17, 15) is 10.2 Å². The van der Waals surface area contributed by atoms with Gasteiger partial charge >= 0.3 is 0 Å². The predicted molar refractivity (Wildman–Crippen MR) is 123 cm³/mol. The smallest absolute Gasteiger partial charge is 0.0933 e. The number of aromatic amines is 1. The van der Waals surface area contributed by atoms with Crippen LogP contribution in [0.5, 0.6) is 0 Å². The summed E-state index contributed by atoms with van der Waals surface area (Å²) in [5.41, 5.74) is 6.34. The zero-order valence-electron chi connectivity index (χ0n) is 18.5. The van der Waals surface area contributed by atoms with E-state index in [-0.39, 0.29) is 17.4 Å². The number of rotatable bonds is 1. The van der Waals surface area contributed by atoms with Gasteiger partial charge in [-0.25, -0.2) is 0 Å². The van der Waals surface area contributed by atoms with E-state index in [4.69, 9.17) is 0 Å². The number of aliphatic hydroxyl groups excluding tert-OH is 1. The molecule has 1 fully saturated rings. The molecule has 6 rings (SSSR count). The molecule has 5 atom stereocenters. The first-order valence-corrected chi connectivity index (χ1v) is 11.9. The second-order valence-corrected chi connectivity index (χ2v) is 10.6. The van der Waals surface area contributed by atoms with Crippen molar-refractivity contribution in [3.8, 4) is 0 Å². The minimum absolute atomic E-state index is 0.0723. The van der Waals surface area contributed by atoms with E-state index in [1.807, 2.05) is 0 Å². The van der Waals surface area contributed by atoms with Gasteiger partial charge in [-0.15, -0.1) is 0 Å². The highest BCUT2D eigenvalue weighted by Gasteiger charge is 2.55. The zero-order valence-corrected chi connectivity index (χ0v) is 18.5. The lowest BCUT2D eigenvalue weighted by Gasteiger charge is -2.48. The molecule has 0 amide bonds. The fraction of sp³-hybridized carbons (Fsp3) is 0.519. The number of aryl methyl sites for hydroxylation is 1. The molecule has 31 heavy (non-hydrogen) atoms. The number of aliphatic hydroxyl groups is 2. The van der Waals surface area contributed by atoms with Gasteiger partial charge in [-0.3, -0.25) is 5.10 Å². The van der Waals surface area contributed by atoms with E-state index in [2.05, 4.69) is 60.5 Å². The first-order chi connectivity index (χ1) is 14.9. The molecule has 4 aliphatic rings. The lowest BCUT2D eigenvalue weighted by atomic mass is 9.58. The highest BCUT2D eigenvalue weighted by molar-refractivity contribution is 5.87. The maximum Gasteiger partial charge on any atom is 0.0933 e. The topological polar surface area (TPSA) is 69.1 Å². The van der Waals surface area contributed by atoms with Gasteiger partial charge in [0.25, 0.3) is 0 Å². The summed E-state index contributed by atoms with van der Waals surface area (Å²) in [4.78, 5) is 0. The predicted octanol–water partition coefficient (Wildman–Crippen LogP) is 5.22. The largest absolute Gasteiger partial charge is 0.393 e. The quantitative estimate of drug-likeness (QED) is 0.597. The molecule has 1 saturated carbocycles. The molecule has 0 aliphatic heterocycles. The monoisotopic (exact) mass is 416 g/mol. The summed E-state index contributed by atoms with van der Waals surface area (Å²) < 4.78 is 0. The van der Waals surface area contributed by atoms with Crippen molar-refractivity contribution < 1.29 is 10.2 Å². The molecule has 0 bridgehead atoms. The van der Waals surface area contributed by atoms with Crippen LogP contribution in [0.4, 0.5) is 0 Å². The van der Waals surface area contributed by atoms with Crippen LogP contribution in [-0.4, -0.2) is 32.1 Å². The van der Waals surface area contributed by atoms with Gasteiger partial charge in [0.05, 0.1) is 17.2 Å². The number of nitrogens with zero attached hydrogens (tertiary/aromatic N) is 1. The second kappa shape index (κ2) is 6.66. The molecule has 2 aromatic rings. The minimum Gasteiger partial charge on any atom is -0.393 e. The van der Waals surface area contributed by atoms with Crippen molar-refractivity contribution in [3.63, 3.8) is 0 Å². The SMILES string of the molecule is Cc1[nH]nc2ccc(C3=CCC4C3(C)CC=C3C=C5CC(O)CCC5CC[C@@]34O)cc12. The lowest BCUT2D eigenvalue weighted by molar-refractivity contribution is -0.0330. The minimum atomic E-state index is -0.782. The number of fused-ring (bicyclic) bond motifs is 5. The van der Waals surface area contributed by atoms with Crippen LogP contribution in [0.3, 0.4) is 0 Å². The van der Waals surface area contributed by atoms with Gasteiger partial charge in [-0.05, 0) is 86.6 Å². The number of hydrogen-bond acceptors (Lipinski definition) is 3. The molecule has 4 heteroatoms. The van der Waals surface area contributed by atoms with Gasteiger partial charge in [0.2, 0.25) is 0 Å². The van der Waals surface area contributed by atoms with E-state index in [0.717, 1.165) is 61.7 Å². The molecule has 1 aromatic heterocycles. The standard InChI is InChI=1S/C27H32N2O2/c1-16-22-15-18(4-7-24(22)29-28-16)23-6-8-25-26(23,2)11-10-20-13-19-14-21(30)5-3-17(19)9-12-27(20,25)31/h4,6-7,10,13,15,17,21,25,30-31H,3,5,8-9,11-12,14H2,1-2H3,(H,28,29)/t17?,21?,25?,26?,27-/m1/s1. The highest BCUT2D eigenvalue weighted by atomic mass is 16.3. The number of aromatic nitrogens is 2. The van der Waals surface area contributed by atoms with Crippen LogP contribution in [-0.2, 0) is 0 Å². The molecular weight excluding hydrogens is 384 g/mol. The molecule has 3 N–H and O–H groups in total. The van der Waals surface area contributed by atoms with Crippen molar-refractivity contribution in [3.05, 3.63) is 58.8 Å². The van der Waals surface area contributed by atoms with Crippen LogP contribution in [0.15, 0.2) is 47.6 Å². The van der Waals surface area contributed by atoms with Crippen molar-refractivity contribution in [2.24, 2.45) is 17.3 Å². The van der Waals surface area contributed by atoms with E-state index in [1.165, 1.54) is 22.1 Å². The normalized spacial score (nSPS) is 37.3. The van der Waals surface area contributed by atoms with E-state index >= 15 is 0 Å². The summed E-state index contributed by atoms with van der Waals surface area (Å²) in [5, 5.41) is 31.0. The Kier molecular flexibility index (Phi) is 4.19. The van der Waals surface area contributed by atoms with Crippen LogP contribution in [0, 0.1) is 24.2 Å². The fourth-order valence-electron chi connectivity index (χ4n) is 7.07. The molecule has 1 heterocycles.